The molecule has 0 amide bonds. The van der Waals surface area contributed by atoms with Crippen molar-refractivity contribution >= 4 is 11.9 Å². The standard InChI is InChI=1S/C7H16N6OS/c1-2-10-12-5(1)6-9-4-15-13(6)7-8-3-11-14-7/h5-12H,1-4H2. The van der Waals surface area contributed by atoms with Gasteiger partial charge in [-0.25, -0.2) is 0 Å². The molecule has 0 radical (unpaired) electrons. The smallest absolute Gasteiger partial charge is 0.197 e. The van der Waals surface area contributed by atoms with E-state index < -0.39 is 0 Å². The Morgan fingerprint density at radius 1 is 1.33 bits per heavy atom. The van der Waals surface area contributed by atoms with Crippen molar-refractivity contribution in [3.8, 4) is 0 Å². The molecule has 3 aliphatic rings. The van der Waals surface area contributed by atoms with Crippen LogP contribution in [0.3, 0.4) is 0 Å². The van der Waals surface area contributed by atoms with E-state index in [0.717, 1.165) is 18.8 Å². The van der Waals surface area contributed by atoms with Crippen LogP contribution in [0, 0.1) is 0 Å². The van der Waals surface area contributed by atoms with E-state index in [1.807, 2.05) is 0 Å². The molecule has 0 aliphatic carbocycles. The molecule has 5 N–H and O–H groups in total. The number of hydrogen-bond donors (Lipinski definition) is 5. The fraction of sp³-hybridized carbons (Fsp3) is 1.00. The highest BCUT2D eigenvalue weighted by atomic mass is 32.2. The van der Waals surface area contributed by atoms with Gasteiger partial charge in [0, 0.05) is 6.54 Å². The molecule has 3 atom stereocenters. The first-order chi connectivity index (χ1) is 7.45. The minimum absolute atomic E-state index is 0.0441. The molecule has 0 bridgehead atoms. The number of nitrogens with zero attached hydrogens (tertiary/aromatic N) is 1. The number of hydrazine groups is 1. The first-order valence-corrected chi connectivity index (χ1v) is 6.14. The zero-order valence-electron chi connectivity index (χ0n) is 8.32. The topological polar surface area (TPSA) is 72.6 Å². The number of hydrogen-bond acceptors (Lipinski definition) is 8. The molecule has 3 heterocycles. The summed E-state index contributed by atoms with van der Waals surface area (Å²) in [6, 6.07) is 0.436. The summed E-state index contributed by atoms with van der Waals surface area (Å²) < 4.78 is 2.23. The normalized spacial score (nSPS) is 42.8. The van der Waals surface area contributed by atoms with Crippen LogP contribution in [0.15, 0.2) is 0 Å². The number of rotatable bonds is 2. The third kappa shape index (κ3) is 1.99. The van der Waals surface area contributed by atoms with E-state index in [1.54, 1.807) is 11.9 Å². The molecular weight excluding hydrogens is 216 g/mol. The van der Waals surface area contributed by atoms with Crippen molar-refractivity contribution in [2.45, 2.75) is 25.0 Å². The molecule has 3 fully saturated rings. The second-order valence-corrected chi connectivity index (χ2v) is 4.71. The third-order valence-electron chi connectivity index (χ3n) is 2.80. The van der Waals surface area contributed by atoms with E-state index >= 15 is 0 Å². The Morgan fingerprint density at radius 2 is 2.33 bits per heavy atom. The largest absolute Gasteiger partial charge is 0.289 e. The Hall–Kier alpha value is 0.0700. The van der Waals surface area contributed by atoms with Crippen LogP contribution in [0.1, 0.15) is 6.42 Å². The van der Waals surface area contributed by atoms with Crippen LogP contribution < -0.4 is 27.0 Å². The summed E-state index contributed by atoms with van der Waals surface area (Å²) in [4.78, 5) is 5.38. The van der Waals surface area contributed by atoms with Crippen LogP contribution in [-0.4, -0.2) is 42.0 Å². The van der Waals surface area contributed by atoms with E-state index in [2.05, 4.69) is 31.3 Å². The maximum atomic E-state index is 5.38. The maximum absolute atomic E-state index is 5.38. The highest BCUT2D eigenvalue weighted by Crippen LogP contribution is 2.26. The van der Waals surface area contributed by atoms with E-state index in [-0.39, 0.29) is 6.35 Å². The van der Waals surface area contributed by atoms with E-state index in [1.165, 1.54) is 0 Å². The Balaban J connectivity index is 1.65. The van der Waals surface area contributed by atoms with Crippen molar-refractivity contribution in [1.29, 1.82) is 0 Å². The molecule has 7 nitrogen and oxygen atoms in total. The fourth-order valence-electron chi connectivity index (χ4n) is 2.07. The lowest BCUT2D eigenvalue weighted by Crippen LogP contribution is -2.55. The van der Waals surface area contributed by atoms with Crippen molar-refractivity contribution in [1.82, 2.24) is 31.3 Å². The molecule has 15 heavy (non-hydrogen) atoms. The van der Waals surface area contributed by atoms with Gasteiger partial charge in [-0.15, -0.1) is 0 Å². The summed E-state index contributed by atoms with van der Waals surface area (Å²) in [5.41, 5.74) is 9.27. The van der Waals surface area contributed by atoms with Gasteiger partial charge in [0.15, 0.2) is 6.35 Å². The predicted molar refractivity (Wildman–Crippen MR) is 56.8 cm³/mol. The van der Waals surface area contributed by atoms with Crippen LogP contribution >= 0.6 is 11.9 Å². The average Bonchev–Trinajstić information content (AvgIpc) is 3.01. The summed E-state index contributed by atoms with van der Waals surface area (Å²) in [5.74, 6) is 0.935. The maximum Gasteiger partial charge on any atom is 0.197 e. The van der Waals surface area contributed by atoms with Crippen molar-refractivity contribution < 1.29 is 4.84 Å². The lowest BCUT2D eigenvalue weighted by molar-refractivity contribution is -0.0482. The van der Waals surface area contributed by atoms with Gasteiger partial charge in [-0.1, -0.05) is 11.9 Å². The SMILES string of the molecule is C1CC(C2NCSN2C2NCNO2)NN1. The molecule has 3 saturated heterocycles. The van der Waals surface area contributed by atoms with Crippen molar-refractivity contribution in [3.05, 3.63) is 0 Å². The van der Waals surface area contributed by atoms with Crippen molar-refractivity contribution in [3.63, 3.8) is 0 Å². The molecular formula is C7H16N6OS. The minimum Gasteiger partial charge on any atom is -0.289 e. The van der Waals surface area contributed by atoms with Gasteiger partial charge in [0.2, 0.25) is 0 Å². The quantitative estimate of drug-likeness (QED) is 0.352. The monoisotopic (exact) mass is 232 g/mol. The van der Waals surface area contributed by atoms with Gasteiger partial charge in [-0.05, 0) is 6.42 Å². The van der Waals surface area contributed by atoms with Gasteiger partial charge in [0.25, 0.3) is 0 Å². The van der Waals surface area contributed by atoms with E-state index in [4.69, 9.17) is 4.84 Å². The molecule has 0 aromatic carbocycles. The van der Waals surface area contributed by atoms with Gasteiger partial charge in [0.05, 0.1) is 24.8 Å². The van der Waals surface area contributed by atoms with Gasteiger partial charge in [0.1, 0.15) is 0 Å². The highest BCUT2D eigenvalue weighted by molar-refractivity contribution is 7.97. The summed E-state index contributed by atoms with van der Waals surface area (Å²) in [7, 11) is 0. The molecule has 3 rings (SSSR count). The lowest BCUT2D eigenvalue weighted by Gasteiger charge is -2.30. The van der Waals surface area contributed by atoms with Gasteiger partial charge < -0.3 is 0 Å². The predicted octanol–water partition coefficient (Wildman–Crippen LogP) is -1.94. The molecule has 0 spiro atoms. The number of hydroxylamine groups is 1. The lowest BCUT2D eigenvalue weighted by atomic mass is 10.2. The fourth-order valence-corrected chi connectivity index (χ4v) is 3.10. The zero-order valence-corrected chi connectivity index (χ0v) is 9.14. The molecule has 3 unspecified atom stereocenters. The average molecular weight is 232 g/mol. The summed E-state index contributed by atoms with van der Waals surface area (Å²) in [5, 5.41) is 6.70. The van der Waals surface area contributed by atoms with E-state index in [0.29, 0.717) is 18.9 Å². The third-order valence-corrected chi connectivity index (χ3v) is 3.82. The molecule has 0 aromatic heterocycles. The molecule has 8 heteroatoms. The van der Waals surface area contributed by atoms with Crippen LogP contribution in [-0.2, 0) is 4.84 Å². The molecule has 0 aromatic rings. The summed E-state index contributed by atoms with van der Waals surface area (Å²) >= 11 is 1.76. The van der Waals surface area contributed by atoms with Crippen LogP contribution in [0.2, 0.25) is 0 Å². The van der Waals surface area contributed by atoms with Crippen molar-refractivity contribution in [2.75, 3.05) is 19.1 Å². The Kier molecular flexibility index (Phi) is 3.08. The zero-order chi connectivity index (χ0) is 10.1. The first-order valence-electron chi connectivity index (χ1n) is 5.20. The number of nitrogens with one attached hydrogen (secondary N) is 5. The molecule has 0 saturated carbocycles. The first kappa shape index (κ1) is 10.2. The second kappa shape index (κ2) is 4.52. The second-order valence-electron chi connectivity index (χ2n) is 3.74. The summed E-state index contributed by atoms with van der Waals surface area (Å²) in [6.07, 6.45) is 1.40. The van der Waals surface area contributed by atoms with Crippen LogP contribution in [0.25, 0.3) is 0 Å². The van der Waals surface area contributed by atoms with Crippen LogP contribution in [0.5, 0.6) is 0 Å². The molecule has 86 valence electrons. The Labute approximate surface area is 92.7 Å². The molecule has 3 aliphatic heterocycles. The van der Waals surface area contributed by atoms with Gasteiger partial charge >= 0.3 is 0 Å². The van der Waals surface area contributed by atoms with E-state index in [9.17, 15) is 0 Å². The highest BCUT2D eigenvalue weighted by Gasteiger charge is 2.39. The Morgan fingerprint density at radius 3 is 3.07 bits per heavy atom. The summed E-state index contributed by atoms with van der Waals surface area (Å²) in [6.45, 7) is 1.73. The van der Waals surface area contributed by atoms with Gasteiger partial charge in [-0.2, -0.15) is 9.79 Å². The van der Waals surface area contributed by atoms with Crippen LogP contribution in [0.4, 0.5) is 0 Å². The Bertz CT molecular complexity index is 198. The van der Waals surface area contributed by atoms with Crippen molar-refractivity contribution in [2.24, 2.45) is 0 Å². The minimum atomic E-state index is -0.0441. The van der Waals surface area contributed by atoms with Gasteiger partial charge in [-0.3, -0.25) is 26.3 Å².